The highest BCUT2D eigenvalue weighted by molar-refractivity contribution is 5.89. The molecule has 2 aromatic rings. The van der Waals surface area contributed by atoms with E-state index in [1.807, 2.05) is 60.7 Å². The van der Waals surface area contributed by atoms with Gasteiger partial charge in [-0.25, -0.2) is 4.79 Å². The fourth-order valence-corrected chi connectivity index (χ4v) is 5.71. The summed E-state index contributed by atoms with van der Waals surface area (Å²) < 4.78 is 10.9. The van der Waals surface area contributed by atoms with Gasteiger partial charge in [-0.15, -0.1) is 0 Å². The van der Waals surface area contributed by atoms with Crippen LogP contribution in [0.3, 0.4) is 0 Å². The third-order valence-electron chi connectivity index (χ3n) is 7.55. The van der Waals surface area contributed by atoms with E-state index < -0.39 is 18.1 Å². The lowest BCUT2D eigenvalue weighted by Gasteiger charge is -2.32. The van der Waals surface area contributed by atoms with Gasteiger partial charge in [0.1, 0.15) is 18.7 Å². The third kappa shape index (κ3) is 6.77. The molecule has 1 saturated heterocycles. The Balaban J connectivity index is 1.43. The van der Waals surface area contributed by atoms with Crippen LogP contribution in [0, 0.1) is 5.92 Å². The molecule has 1 amide bonds. The molecule has 1 heterocycles. The summed E-state index contributed by atoms with van der Waals surface area (Å²) in [7, 11) is 0. The van der Waals surface area contributed by atoms with Crippen molar-refractivity contribution in [1.82, 2.24) is 10.2 Å². The maximum atomic E-state index is 13.8. The molecule has 1 N–H and O–H groups in total. The van der Waals surface area contributed by atoms with Crippen molar-refractivity contribution in [2.45, 2.75) is 83.1 Å². The molecule has 0 radical (unpaired) electrons. The quantitative estimate of drug-likeness (QED) is 0.463. The summed E-state index contributed by atoms with van der Waals surface area (Å²) in [5.41, 5.74) is 2.03. The largest absolute Gasteiger partial charge is 0.465 e. The van der Waals surface area contributed by atoms with E-state index in [1.165, 1.54) is 0 Å². The van der Waals surface area contributed by atoms with Crippen molar-refractivity contribution in [3.05, 3.63) is 71.8 Å². The molecular weight excluding hydrogens is 468 g/mol. The molecule has 7 heteroatoms. The Morgan fingerprint density at radius 2 is 1.65 bits per heavy atom. The second-order valence-corrected chi connectivity index (χ2v) is 10.1. The number of amides is 1. The Morgan fingerprint density at radius 3 is 2.32 bits per heavy atom. The molecule has 4 rings (SSSR count). The van der Waals surface area contributed by atoms with Crippen LogP contribution in [0.4, 0.5) is 0 Å². The zero-order chi connectivity index (χ0) is 26.2. The zero-order valence-corrected chi connectivity index (χ0v) is 21.8. The van der Waals surface area contributed by atoms with E-state index in [0.29, 0.717) is 25.2 Å². The number of hydrogen-bond acceptors (Lipinski definition) is 6. The van der Waals surface area contributed by atoms with Gasteiger partial charge in [0.2, 0.25) is 5.91 Å². The van der Waals surface area contributed by atoms with Crippen LogP contribution < -0.4 is 5.32 Å². The smallest absolute Gasteiger partial charge is 0.329 e. The van der Waals surface area contributed by atoms with Crippen LogP contribution in [0.15, 0.2) is 60.7 Å². The summed E-state index contributed by atoms with van der Waals surface area (Å²) in [6.07, 6.45) is 4.78. The SMILES string of the molecule is CCOC(=O)[C@H](CCc1ccccc1)N[C@@H](C)C(=O)N1C(C(=O)OCc2ccccc2)C[C@H]2CCC[C@H]21. The van der Waals surface area contributed by atoms with Crippen LogP contribution >= 0.6 is 0 Å². The predicted molar refractivity (Wildman–Crippen MR) is 140 cm³/mol. The van der Waals surface area contributed by atoms with Gasteiger partial charge in [0, 0.05) is 6.04 Å². The molecule has 2 fully saturated rings. The number of esters is 2. The van der Waals surface area contributed by atoms with Gasteiger partial charge < -0.3 is 14.4 Å². The van der Waals surface area contributed by atoms with E-state index in [4.69, 9.17) is 9.47 Å². The number of aryl methyl sites for hydroxylation is 1. The number of nitrogens with zero attached hydrogens (tertiary/aromatic N) is 1. The highest BCUT2D eigenvalue weighted by atomic mass is 16.5. The fourth-order valence-electron chi connectivity index (χ4n) is 5.71. The molecular formula is C30H38N2O5. The molecule has 0 bridgehead atoms. The first-order chi connectivity index (χ1) is 18.0. The molecule has 37 heavy (non-hydrogen) atoms. The lowest BCUT2D eigenvalue weighted by Crippen LogP contribution is -2.55. The first-order valence-electron chi connectivity index (χ1n) is 13.5. The number of rotatable bonds is 11. The summed E-state index contributed by atoms with van der Waals surface area (Å²) in [5, 5.41) is 3.23. The monoisotopic (exact) mass is 506 g/mol. The van der Waals surface area contributed by atoms with Crippen molar-refractivity contribution in [3.8, 4) is 0 Å². The number of hydrogen-bond donors (Lipinski definition) is 1. The second-order valence-electron chi connectivity index (χ2n) is 10.1. The van der Waals surface area contributed by atoms with Crippen LogP contribution in [0.1, 0.15) is 57.1 Å². The van der Waals surface area contributed by atoms with Crippen LogP contribution in [0.5, 0.6) is 0 Å². The Kier molecular flexibility index (Phi) is 9.34. The number of fused-ring (bicyclic) bond motifs is 1. The van der Waals surface area contributed by atoms with Gasteiger partial charge in [0.15, 0.2) is 0 Å². The van der Waals surface area contributed by atoms with Gasteiger partial charge in [-0.1, -0.05) is 67.1 Å². The molecule has 0 spiro atoms. The van der Waals surface area contributed by atoms with E-state index in [1.54, 1.807) is 18.7 Å². The fraction of sp³-hybridized carbons (Fsp3) is 0.500. The van der Waals surface area contributed by atoms with Crippen LogP contribution in [0.2, 0.25) is 0 Å². The van der Waals surface area contributed by atoms with Crippen molar-refractivity contribution >= 4 is 17.8 Å². The van der Waals surface area contributed by atoms with Crippen molar-refractivity contribution in [3.63, 3.8) is 0 Å². The van der Waals surface area contributed by atoms with Gasteiger partial charge in [-0.2, -0.15) is 0 Å². The average Bonchev–Trinajstić information content (AvgIpc) is 3.52. The number of carbonyl (C=O) groups is 3. The first-order valence-corrected chi connectivity index (χ1v) is 13.5. The van der Waals surface area contributed by atoms with E-state index in [0.717, 1.165) is 30.4 Å². The summed E-state index contributed by atoms with van der Waals surface area (Å²) in [4.78, 5) is 41.4. The molecule has 0 aromatic heterocycles. The lowest BCUT2D eigenvalue weighted by atomic mass is 10.0. The highest BCUT2D eigenvalue weighted by Gasteiger charge is 2.50. The summed E-state index contributed by atoms with van der Waals surface area (Å²) in [6.45, 7) is 4.00. The number of benzene rings is 2. The highest BCUT2D eigenvalue weighted by Crippen LogP contribution is 2.42. The van der Waals surface area contributed by atoms with Gasteiger partial charge in [0.25, 0.3) is 0 Å². The van der Waals surface area contributed by atoms with Crippen LogP contribution in [-0.2, 0) is 36.9 Å². The Bertz CT molecular complexity index is 1040. The van der Waals surface area contributed by atoms with E-state index in [-0.39, 0.29) is 37.1 Å². The maximum Gasteiger partial charge on any atom is 0.329 e. The first kappa shape index (κ1) is 26.9. The molecule has 7 nitrogen and oxygen atoms in total. The summed E-state index contributed by atoms with van der Waals surface area (Å²) in [5.74, 6) is -0.573. The molecule has 1 aliphatic carbocycles. The number of ether oxygens (including phenoxy) is 2. The predicted octanol–water partition coefficient (Wildman–Crippen LogP) is 4.04. The number of carbonyl (C=O) groups excluding carboxylic acids is 3. The van der Waals surface area contributed by atoms with Gasteiger partial charge in [-0.3, -0.25) is 14.9 Å². The van der Waals surface area contributed by atoms with E-state index >= 15 is 0 Å². The minimum atomic E-state index is -0.644. The van der Waals surface area contributed by atoms with Gasteiger partial charge >= 0.3 is 11.9 Å². The normalized spacial score (nSPS) is 22.2. The molecule has 2 aliphatic rings. The standard InChI is InChI=1S/C30H38N2O5/c1-3-36-29(34)25(18-17-22-11-6-4-7-12-22)31-21(2)28(33)32-26-16-10-15-24(26)19-27(32)30(35)37-20-23-13-8-5-9-14-23/h4-9,11-14,21,24-27,31H,3,10,15-20H2,1-2H3/t21-,24+,25-,26+,27?/m0/s1. The van der Waals surface area contributed by atoms with Crippen molar-refractivity contribution < 1.29 is 23.9 Å². The maximum absolute atomic E-state index is 13.8. The zero-order valence-electron chi connectivity index (χ0n) is 21.8. The molecule has 1 aliphatic heterocycles. The minimum absolute atomic E-state index is 0.0383. The average molecular weight is 507 g/mol. The number of nitrogens with one attached hydrogen (secondary N) is 1. The Labute approximate surface area is 219 Å². The van der Waals surface area contributed by atoms with Crippen LogP contribution in [0.25, 0.3) is 0 Å². The molecule has 5 atom stereocenters. The van der Waals surface area contributed by atoms with Crippen molar-refractivity contribution in [2.24, 2.45) is 5.92 Å². The lowest BCUT2D eigenvalue weighted by molar-refractivity contribution is -0.156. The molecule has 1 unspecified atom stereocenters. The molecule has 198 valence electrons. The van der Waals surface area contributed by atoms with Gasteiger partial charge in [-0.05, 0) is 63.0 Å². The van der Waals surface area contributed by atoms with E-state index in [9.17, 15) is 14.4 Å². The van der Waals surface area contributed by atoms with Crippen molar-refractivity contribution in [1.29, 1.82) is 0 Å². The Morgan fingerprint density at radius 1 is 0.973 bits per heavy atom. The third-order valence-corrected chi connectivity index (χ3v) is 7.55. The minimum Gasteiger partial charge on any atom is -0.465 e. The van der Waals surface area contributed by atoms with Crippen molar-refractivity contribution in [2.75, 3.05) is 6.61 Å². The van der Waals surface area contributed by atoms with E-state index in [2.05, 4.69) is 5.32 Å². The molecule has 2 aromatic carbocycles. The molecule has 1 saturated carbocycles. The topological polar surface area (TPSA) is 84.9 Å². The van der Waals surface area contributed by atoms with Crippen LogP contribution in [-0.4, -0.2) is 53.5 Å². The number of likely N-dealkylation sites (tertiary alicyclic amines) is 1. The Hall–Kier alpha value is -3.19. The van der Waals surface area contributed by atoms with Gasteiger partial charge in [0.05, 0.1) is 12.6 Å². The second kappa shape index (κ2) is 12.9. The summed E-state index contributed by atoms with van der Waals surface area (Å²) in [6, 6.07) is 17.7. The summed E-state index contributed by atoms with van der Waals surface area (Å²) >= 11 is 0.